The van der Waals surface area contributed by atoms with Gasteiger partial charge in [-0.25, -0.2) is 9.78 Å². The SMILES string of the molecule is Cc1ccccc1-c1nnc(NC(=O)n2ccnc2)s1. The molecular formula is C13H11N5OS. The molecule has 2 aromatic heterocycles. The number of rotatable bonds is 2. The highest BCUT2D eigenvalue weighted by atomic mass is 32.1. The van der Waals surface area contributed by atoms with Gasteiger partial charge in [-0.15, -0.1) is 10.2 Å². The van der Waals surface area contributed by atoms with E-state index in [1.54, 1.807) is 12.4 Å². The van der Waals surface area contributed by atoms with Gasteiger partial charge in [0.25, 0.3) is 0 Å². The van der Waals surface area contributed by atoms with E-state index in [1.807, 2.05) is 31.2 Å². The van der Waals surface area contributed by atoms with Gasteiger partial charge in [0.1, 0.15) is 11.3 Å². The number of hydrogen-bond acceptors (Lipinski definition) is 5. The summed E-state index contributed by atoms with van der Waals surface area (Å²) in [5.41, 5.74) is 2.14. The van der Waals surface area contributed by atoms with Crippen molar-refractivity contribution >= 4 is 22.5 Å². The molecule has 2 heterocycles. The van der Waals surface area contributed by atoms with Crippen molar-refractivity contribution in [2.75, 3.05) is 5.32 Å². The minimum atomic E-state index is -0.310. The smallest absolute Gasteiger partial charge is 0.281 e. The average Bonchev–Trinajstić information content (AvgIpc) is 3.10. The highest BCUT2D eigenvalue weighted by Gasteiger charge is 2.11. The van der Waals surface area contributed by atoms with E-state index in [-0.39, 0.29) is 6.03 Å². The number of nitrogens with zero attached hydrogens (tertiary/aromatic N) is 4. The van der Waals surface area contributed by atoms with Gasteiger partial charge in [-0.3, -0.25) is 9.88 Å². The summed E-state index contributed by atoms with van der Waals surface area (Å²) in [7, 11) is 0. The fourth-order valence-electron chi connectivity index (χ4n) is 1.73. The maximum atomic E-state index is 11.8. The summed E-state index contributed by atoms with van der Waals surface area (Å²) < 4.78 is 1.34. The van der Waals surface area contributed by atoms with Gasteiger partial charge in [-0.1, -0.05) is 35.6 Å². The lowest BCUT2D eigenvalue weighted by molar-refractivity contribution is 0.253. The number of imidazole rings is 1. The van der Waals surface area contributed by atoms with Crippen molar-refractivity contribution in [2.24, 2.45) is 0 Å². The van der Waals surface area contributed by atoms with Crippen LogP contribution in [0.4, 0.5) is 9.93 Å². The predicted octanol–water partition coefficient (Wildman–Crippen LogP) is 2.79. The van der Waals surface area contributed by atoms with Crippen molar-refractivity contribution in [2.45, 2.75) is 6.92 Å². The number of anilines is 1. The van der Waals surface area contributed by atoms with E-state index in [0.717, 1.165) is 16.1 Å². The van der Waals surface area contributed by atoms with Crippen LogP contribution in [-0.4, -0.2) is 25.8 Å². The molecule has 0 fully saturated rings. The van der Waals surface area contributed by atoms with Gasteiger partial charge < -0.3 is 0 Å². The van der Waals surface area contributed by atoms with Crippen LogP contribution < -0.4 is 5.32 Å². The first-order valence-corrected chi connectivity index (χ1v) is 6.74. The van der Waals surface area contributed by atoms with E-state index >= 15 is 0 Å². The Hall–Kier alpha value is -2.54. The minimum absolute atomic E-state index is 0.310. The zero-order chi connectivity index (χ0) is 13.9. The summed E-state index contributed by atoms with van der Waals surface area (Å²) in [5, 5.41) is 12.0. The highest BCUT2D eigenvalue weighted by molar-refractivity contribution is 7.18. The second-order valence-electron chi connectivity index (χ2n) is 4.13. The lowest BCUT2D eigenvalue weighted by atomic mass is 10.1. The second-order valence-corrected chi connectivity index (χ2v) is 5.10. The van der Waals surface area contributed by atoms with Gasteiger partial charge >= 0.3 is 6.03 Å². The Morgan fingerprint density at radius 3 is 2.90 bits per heavy atom. The Balaban J connectivity index is 1.81. The molecule has 0 spiro atoms. The van der Waals surface area contributed by atoms with Gasteiger partial charge in [0.15, 0.2) is 0 Å². The van der Waals surface area contributed by atoms with Crippen LogP contribution >= 0.6 is 11.3 Å². The molecule has 6 nitrogen and oxygen atoms in total. The van der Waals surface area contributed by atoms with E-state index in [2.05, 4.69) is 20.5 Å². The standard InChI is InChI=1S/C13H11N5OS/c1-9-4-2-3-5-10(9)11-16-17-12(20-11)15-13(19)18-7-6-14-8-18/h2-8H,1H3,(H,15,17,19). The van der Waals surface area contributed by atoms with Crippen molar-refractivity contribution in [3.8, 4) is 10.6 Å². The molecule has 100 valence electrons. The van der Waals surface area contributed by atoms with Crippen molar-refractivity contribution < 1.29 is 4.79 Å². The molecule has 0 bridgehead atoms. The van der Waals surface area contributed by atoms with E-state index in [0.29, 0.717) is 5.13 Å². The number of benzene rings is 1. The summed E-state index contributed by atoms with van der Waals surface area (Å²) in [6.45, 7) is 2.01. The molecule has 0 aliphatic rings. The fourth-order valence-corrected chi connectivity index (χ4v) is 2.55. The van der Waals surface area contributed by atoms with Crippen LogP contribution in [0.25, 0.3) is 10.6 Å². The van der Waals surface area contributed by atoms with Crippen molar-refractivity contribution in [1.29, 1.82) is 0 Å². The monoisotopic (exact) mass is 285 g/mol. The third-order valence-corrected chi connectivity index (χ3v) is 3.63. The number of hydrogen-bond donors (Lipinski definition) is 1. The van der Waals surface area contributed by atoms with Crippen LogP contribution in [0.15, 0.2) is 43.0 Å². The van der Waals surface area contributed by atoms with Gasteiger partial charge in [-0.05, 0) is 12.5 Å². The lowest BCUT2D eigenvalue weighted by Crippen LogP contribution is -2.17. The first-order valence-electron chi connectivity index (χ1n) is 5.93. The third kappa shape index (κ3) is 2.43. The molecule has 0 atom stereocenters. The molecule has 3 aromatic rings. The number of nitrogens with one attached hydrogen (secondary N) is 1. The molecule has 0 unspecified atom stereocenters. The van der Waals surface area contributed by atoms with Crippen molar-refractivity contribution in [3.63, 3.8) is 0 Å². The van der Waals surface area contributed by atoms with Crippen LogP contribution in [0.2, 0.25) is 0 Å². The fraction of sp³-hybridized carbons (Fsp3) is 0.0769. The molecule has 0 saturated carbocycles. The zero-order valence-electron chi connectivity index (χ0n) is 10.6. The molecule has 1 N–H and O–H groups in total. The van der Waals surface area contributed by atoms with Crippen LogP contribution in [0.3, 0.4) is 0 Å². The Labute approximate surface area is 119 Å². The molecule has 0 saturated heterocycles. The van der Waals surface area contributed by atoms with Crippen molar-refractivity contribution in [1.82, 2.24) is 19.7 Å². The molecular weight excluding hydrogens is 274 g/mol. The maximum absolute atomic E-state index is 11.8. The molecule has 20 heavy (non-hydrogen) atoms. The number of carbonyl (C=O) groups excluding carboxylic acids is 1. The second kappa shape index (κ2) is 5.22. The lowest BCUT2D eigenvalue weighted by Gasteiger charge is -2.00. The maximum Gasteiger partial charge on any atom is 0.333 e. The van der Waals surface area contributed by atoms with E-state index in [9.17, 15) is 4.79 Å². The summed E-state index contributed by atoms with van der Waals surface area (Å²) in [5.74, 6) is 0. The molecule has 0 aliphatic heterocycles. The van der Waals surface area contributed by atoms with Crippen molar-refractivity contribution in [3.05, 3.63) is 48.5 Å². The van der Waals surface area contributed by atoms with Gasteiger partial charge in [-0.2, -0.15) is 0 Å². The van der Waals surface area contributed by atoms with E-state index in [4.69, 9.17) is 0 Å². The molecule has 0 radical (unpaired) electrons. The topological polar surface area (TPSA) is 72.7 Å². The normalized spacial score (nSPS) is 10.4. The Kier molecular flexibility index (Phi) is 3.26. The Morgan fingerprint density at radius 2 is 2.15 bits per heavy atom. The number of aromatic nitrogens is 4. The largest absolute Gasteiger partial charge is 0.333 e. The Bertz CT molecular complexity index is 735. The molecule has 7 heteroatoms. The van der Waals surface area contributed by atoms with Gasteiger partial charge in [0.05, 0.1) is 0 Å². The summed E-state index contributed by atoms with van der Waals surface area (Å²) >= 11 is 1.34. The predicted molar refractivity (Wildman–Crippen MR) is 76.7 cm³/mol. The first kappa shape index (κ1) is 12.5. The molecule has 1 amide bonds. The van der Waals surface area contributed by atoms with Crippen LogP contribution in [-0.2, 0) is 0 Å². The van der Waals surface area contributed by atoms with Crippen LogP contribution in [0.5, 0.6) is 0 Å². The Morgan fingerprint density at radius 1 is 1.30 bits per heavy atom. The van der Waals surface area contributed by atoms with E-state index in [1.165, 1.54) is 22.2 Å². The molecule has 0 aliphatic carbocycles. The summed E-state index contributed by atoms with van der Waals surface area (Å²) in [6.07, 6.45) is 4.54. The average molecular weight is 285 g/mol. The quantitative estimate of drug-likeness (QED) is 0.785. The number of carbonyl (C=O) groups is 1. The first-order chi connectivity index (χ1) is 9.74. The van der Waals surface area contributed by atoms with Crippen LogP contribution in [0, 0.1) is 6.92 Å². The zero-order valence-corrected chi connectivity index (χ0v) is 11.5. The van der Waals surface area contributed by atoms with Gasteiger partial charge in [0, 0.05) is 18.0 Å². The molecule has 3 rings (SSSR count). The molecule has 1 aromatic carbocycles. The van der Waals surface area contributed by atoms with Crippen LogP contribution in [0.1, 0.15) is 5.56 Å². The number of amides is 1. The van der Waals surface area contributed by atoms with E-state index < -0.39 is 0 Å². The third-order valence-electron chi connectivity index (χ3n) is 2.75. The van der Waals surface area contributed by atoms with Gasteiger partial charge in [0.2, 0.25) is 5.13 Å². The summed E-state index contributed by atoms with van der Waals surface area (Å²) in [6, 6.07) is 7.61. The number of aryl methyl sites for hydroxylation is 1. The summed E-state index contributed by atoms with van der Waals surface area (Å²) in [4.78, 5) is 15.7. The minimum Gasteiger partial charge on any atom is -0.281 e. The highest BCUT2D eigenvalue weighted by Crippen LogP contribution is 2.28.